The molecule has 0 spiro atoms. The Morgan fingerprint density at radius 3 is 2.65 bits per heavy atom. The average molecular weight is 528 g/mol. The van der Waals surface area contributed by atoms with E-state index in [1.807, 2.05) is 0 Å². The van der Waals surface area contributed by atoms with Gasteiger partial charge in [0.2, 0.25) is 5.91 Å². The van der Waals surface area contributed by atoms with E-state index in [0.717, 1.165) is 6.54 Å². The molecule has 5 rings (SSSR count). The topological polar surface area (TPSA) is 69.2 Å². The lowest BCUT2D eigenvalue weighted by atomic mass is 10.0. The molecule has 0 N–H and O–H groups in total. The minimum absolute atomic E-state index is 0.0429. The summed E-state index contributed by atoms with van der Waals surface area (Å²) in [6, 6.07) is 6.20. The van der Waals surface area contributed by atoms with Gasteiger partial charge in [0.25, 0.3) is 5.91 Å². The summed E-state index contributed by atoms with van der Waals surface area (Å²) in [6.45, 7) is 10.4. The van der Waals surface area contributed by atoms with Crippen molar-refractivity contribution >= 4 is 29.2 Å². The fourth-order valence-corrected chi connectivity index (χ4v) is 5.70. The summed E-state index contributed by atoms with van der Waals surface area (Å²) in [6.07, 6.45) is 1.28. The summed E-state index contributed by atoms with van der Waals surface area (Å²) >= 11 is 6.84. The number of hydrogen-bond acceptors (Lipinski definition) is 6. The number of nitrogens with zero attached hydrogens (tertiary/aromatic N) is 5. The Kier molecular flexibility index (Phi) is 6.85. The number of hydrogen-bond donors (Lipinski definition) is 0. The van der Waals surface area contributed by atoms with Crippen molar-refractivity contribution in [1.29, 1.82) is 0 Å². The maximum Gasteiger partial charge on any atom is 0.261 e. The van der Waals surface area contributed by atoms with E-state index in [-0.39, 0.29) is 58.6 Å². The molecule has 4 heterocycles. The summed E-state index contributed by atoms with van der Waals surface area (Å²) in [5, 5.41) is 0.103. The Morgan fingerprint density at radius 1 is 1.16 bits per heavy atom. The number of fused-ring (bicyclic) bond motifs is 2. The lowest BCUT2D eigenvalue weighted by Gasteiger charge is -2.44. The number of carbonyl (C=O) groups excluding carboxylic acids is 2. The Morgan fingerprint density at radius 2 is 1.92 bits per heavy atom. The molecule has 2 fully saturated rings. The van der Waals surface area contributed by atoms with Gasteiger partial charge in [-0.05, 0) is 39.1 Å². The van der Waals surface area contributed by atoms with Gasteiger partial charge in [0, 0.05) is 50.4 Å². The lowest BCUT2D eigenvalue weighted by molar-refractivity contribution is -0.128. The largest absolute Gasteiger partial charge is 0.489 e. The van der Waals surface area contributed by atoms with Gasteiger partial charge in [-0.1, -0.05) is 30.3 Å². The molecular weight excluding hydrogens is 497 g/mol. The van der Waals surface area contributed by atoms with Crippen molar-refractivity contribution < 1.29 is 18.7 Å². The zero-order valence-corrected chi connectivity index (χ0v) is 22.0. The molecule has 2 saturated heterocycles. The van der Waals surface area contributed by atoms with Crippen LogP contribution in [0.2, 0.25) is 5.02 Å². The zero-order valence-electron chi connectivity index (χ0n) is 21.3. The van der Waals surface area contributed by atoms with Gasteiger partial charge >= 0.3 is 0 Å². The van der Waals surface area contributed by atoms with E-state index in [1.165, 1.54) is 12.1 Å². The molecule has 3 aliphatic rings. The van der Waals surface area contributed by atoms with Crippen LogP contribution in [-0.4, -0.2) is 96.0 Å². The van der Waals surface area contributed by atoms with E-state index in [2.05, 4.69) is 37.3 Å². The van der Waals surface area contributed by atoms with E-state index in [0.29, 0.717) is 37.6 Å². The van der Waals surface area contributed by atoms with Crippen LogP contribution in [0.5, 0.6) is 5.75 Å². The van der Waals surface area contributed by atoms with Gasteiger partial charge in [-0.3, -0.25) is 14.5 Å². The van der Waals surface area contributed by atoms with Gasteiger partial charge in [-0.2, -0.15) is 0 Å². The Balaban J connectivity index is 1.66. The van der Waals surface area contributed by atoms with Crippen LogP contribution < -0.4 is 9.64 Å². The molecule has 196 valence electrons. The first kappa shape index (κ1) is 25.5. The summed E-state index contributed by atoms with van der Waals surface area (Å²) in [5.41, 5.74) is 0.773. The molecule has 0 bridgehead atoms. The number of likely N-dealkylation sites (N-methyl/N-ethyl adjacent to an activating group) is 1. The molecule has 2 unspecified atom stereocenters. The highest BCUT2D eigenvalue weighted by molar-refractivity contribution is 6.35. The number of aromatic nitrogens is 1. The first-order chi connectivity index (χ1) is 17.7. The standard InChI is InChI=1S/C27H31ClFN5O3/c1-5-21(35)32-10-11-33-18(14-32)15-37-25-22(27(33)36)26(34-13-16(2)31(4)12-17(34)3)30-24(23(25)28)19-8-6-7-9-20(19)29/h5-9,16-18H,1,10-15H2,2-4H3/t16?,17?,18-/m1/s1. The summed E-state index contributed by atoms with van der Waals surface area (Å²) in [4.78, 5) is 39.0. The monoisotopic (exact) mass is 527 g/mol. The highest BCUT2D eigenvalue weighted by Crippen LogP contribution is 2.44. The zero-order chi connectivity index (χ0) is 26.4. The molecule has 1 aromatic carbocycles. The van der Waals surface area contributed by atoms with Crippen molar-refractivity contribution in [1.82, 2.24) is 19.7 Å². The molecule has 37 heavy (non-hydrogen) atoms. The maximum absolute atomic E-state index is 14.9. The van der Waals surface area contributed by atoms with Crippen molar-refractivity contribution in [3.63, 3.8) is 0 Å². The van der Waals surface area contributed by atoms with Crippen molar-refractivity contribution in [2.45, 2.75) is 32.0 Å². The van der Waals surface area contributed by atoms with Gasteiger partial charge in [-0.25, -0.2) is 9.37 Å². The van der Waals surface area contributed by atoms with Gasteiger partial charge in [-0.15, -0.1) is 0 Å². The number of carbonyl (C=O) groups is 2. The van der Waals surface area contributed by atoms with Crippen molar-refractivity contribution in [2.75, 3.05) is 51.3 Å². The molecule has 0 aliphatic carbocycles. The molecule has 0 saturated carbocycles. The fourth-order valence-electron chi connectivity index (χ4n) is 5.41. The molecule has 2 amide bonds. The summed E-state index contributed by atoms with van der Waals surface area (Å²) in [7, 11) is 2.07. The predicted octanol–water partition coefficient (Wildman–Crippen LogP) is 3.30. The second-order valence-electron chi connectivity index (χ2n) is 10.0. The van der Waals surface area contributed by atoms with Crippen LogP contribution in [0.3, 0.4) is 0 Å². The minimum atomic E-state index is -0.460. The molecular formula is C27H31ClFN5O3. The third-order valence-corrected chi connectivity index (χ3v) is 7.99. The van der Waals surface area contributed by atoms with Crippen LogP contribution in [0, 0.1) is 5.82 Å². The van der Waals surface area contributed by atoms with Gasteiger partial charge in [0.1, 0.15) is 28.8 Å². The molecule has 1 aromatic heterocycles. The molecule has 2 aromatic rings. The average Bonchev–Trinajstić information content (AvgIpc) is 3.03. The Hall–Kier alpha value is -3.17. The van der Waals surface area contributed by atoms with E-state index < -0.39 is 5.82 Å². The lowest BCUT2D eigenvalue weighted by Crippen LogP contribution is -2.58. The van der Waals surface area contributed by atoms with E-state index >= 15 is 0 Å². The Bertz CT molecular complexity index is 1260. The quantitative estimate of drug-likeness (QED) is 0.571. The predicted molar refractivity (Wildman–Crippen MR) is 141 cm³/mol. The number of ether oxygens (including phenoxy) is 1. The molecule has 3 atom stereocenters. The first-order valence-corrected chi connectivity index (χ1v) is 12.9. The molecule has 8 nitrogen and oxygen atoms in total. The number of rotatable bonds is 3. The number of halogens is 2. The van der Waals surface area contributed by atoms with Crippen molar-refractivity contribution in [2.24, 2.45) is 0 Å². The number of pyridine rings is 1. The van der Waals surface area contributed by atoms with Crippen molar-refractivity contribution in [3.05, 3.63) is 53.3 Å². The second-order valence-corrected chi connectivity index (χ2v) is 10.4. The molecule has 3 aliphatic heterocycles. The summed E-state index contributed by atoms with van der Waals surface area (Å²) in [5.74, 6) is -0.230. The van der Waals surface area contributed by atoms with Crippen LogP contribution in [0.1, 0.15) is 24.2 Å². The number of piperazine rings is 2. The first-order valence-electron chi connectivity index (χ1n) is 12.5. The van der Waals surface area contributed by atoms with Crippen molar-refractivity contribution in [3.8, 4) is 17.0 Å². The van der Waals surface area contributed by atoms with E-state index in [9.17, 15) is 14.0 Å². The van der Waals surface area contributed by atoms with E-state index in [4.69, 9.17) is 21.3 Å². The van der Waals surface area contributed by atoms with E-state index in [1.54, 1.807) is 28.0 Å². The minimum Gasteiger partial charge on any atom is -0.489 e. The van der Waals surface area contributed by atoms with Crippen LogP contribution in [0.4, 0.5) is 10.2 Å². The third-order valence-electron chi connectivity index (χ3n) is 7.64. The van der Waals surface area contributed by atoms with Crippen LogP contribution >= 0.6 is 11.6 Å². The number of benzene rings is 1. The second kappa shape index (κ2) is 9.95. The Labute approximate surface area is 221 Å². The molecule has 10 heteroatoms. The highest BCUT2D eigenvalue weighted by atomic mass is 35.5. The number of anilines is 1. The van der Waals surface area contributed by atoms with Crippen LogP contribution in [0.25, 0.3) is 11.3 Å². The maximum atomic E-state index is 14.9. The van der Waals surface area contributed by atoms with Gasteiger partial charge in [0.15, 0.2) is 5.75 Å². The van der Waals surface area contributed by atoms with Gasteiger partial charge in [0.05, 0.1) is 11.7 Å². The van der Waals surface area contributed by atoms with Gasteiger partial charge < -0.3 is 19.4 Å². The SMILES string of the molecule is C=CC(=O)N1CCN2C(=O)c3c(N4CC(C)N(C)CC4C)nc(-c4ccccc4F)c(Cl)c3OC[C@H]2C1. The molecule has 0 radical (unpaired) electrons. The smallest absolute Gasteiger partial charge is 0.261 e. The normalized spacial score (nSPS) is 24.2. The van der Waals surface area contributed by atoms with Crippen LogP contribution in [0.15, 0.2) is 36.9 Å². The third kappa shape index (κ3) is 4.44. The summed E-state index contributed by atoms with van der Waals surface area (Å²) < 4.78 is 21.2. The highest BCUT2D eigenvalue weighted by Gasteiger charge is 2.42. The fraction of sp³-hybridized carbons (Fsp3) is 0.444. The van der Waals surface area contributed by atoms with Crippen LogP contribution in [-0.2, 0) is 4.79 Å². The number of amides is 2.